The smallest absolute Gasteiger partial charge is 0.348 e. The molecule has 0 fully saturated rings. The topological polar surface area (TPSA) is 69.7 Å². The molecule has 0 heterocycles. The van der Waals surface area contributed by atoms with E-state index in [9.17, 15) is 18.8 Å². The molecule has 0 aromatic carbocycles. The second-order valence-corrected chi connectivity index (χ2v) is 3.06. The van der Waals surface area contributed by atoms with E-state index in [-0.39, 0.29) is 18.8 Å². The summed E-state index contributed by atoms with van der Waals surface area (Å²) < 4.78 is 21.6. The van der Waals surface area contributed by atoms with Crippen molar-refractivity contribution in [2.75, 3.05) is 13.2 Å². The molecule has 0 aliphatic rings. The van der Waals surface area contributed by atoms with E-state index >= 15 is 0 Å². The Balaban J connectivity index is 3.75. The Hall–Kier alpha value is -1.72. The molecule has 0 N–H and O–H groups in total. The normalized spacial score (nSPS) is 11.4. The van der Waals surface area contributed by atoms with Gasteiger partial charge in [0, 0.05) is 5.57 Å². The number of rotatable bonds is 6. The highest BCUT2D eigenvalue weighted by molar-refractivity contribution is 6.00. The molecule has 0 amide bonds. The zero-order chi connectivity index (χ0) is 12.7. The van der Waals surface area contributed by atoms with Gasteiger partial charge in [-0.1, -0.05) is 6.58 Å². The summed E-state index contributed by atoms with van der Waals surface area (Å²) in [7, 11) is 0. The van der Waals surface area contributed by atoms with Gasteiger partial charge in [0.25, 0.3) is 6.17 Å². The van der Waals surface area contributed by atoms with Gasteiger partial charge in [-0.3, -0.25) is 4.79 Å². The summed E-state index contributed by atoms with van der Waals surface area (Å²) in [5.74, 6) is -2.83. The number of alkyl halides is 1. The van der Waals surface area contributed by atoms with Gasteiger partial charge < -0.3 is 9.47 Å². The van der Waals surface area contributed by atoms with Gasteiger partial charge in [0.2, 0.25) is 0 Å². The number of ether oxygens (including phenoxy) is 2. The highest BCUT2D eigenvalue weighted by Gasteiger charge is 2.23. The van der Waals surface area contributed by atoms with Crippen LogP contribution in [0.5, 0.6) is 0 Å². The van der Waals surface area contributed by atoms with Crippen molar-refractivity contribution in [2.45, 2.75) is 20.0 Å². The van der Waals surface area contributed by atoms with E-state index in [0.29, 0.717) is 0 Å². The zero-order valence-electron chi connectivity index (χ0n) is 9.12. The molecule has 0 bridgehead atoms. The monoisotopic (exact) mass is 232 g/mol. The van der Waals surface area contributed by atoms with Gasteiger partial charge >= 0.3 is 11.9 Å². The molecule has 0 spiro atoms. The van der Waals surface area contributed by atoms with Crippen LogP contribution < -0.4 is 0 Å². The fourth-order valence-corrected chi connectivity index (χ4v) is 0.639. The first-order chi connectivity index (χ1) is 7.36. The van der Waals surface area contributed by atoms with Gasteiger partial charge in [-0.05, 0) is 13.8 Å². The molecule has 1 atom stereocenters. The van der Waals surface area contributed by atoms with Crippen molar-refractivity contribution < 1.29 is 28.2 Å². The van der Waals surface area contributed by atoms with E-state index in [0.717, 1.165) is 6.92 Å². The minimum Gasteiger partial charge on any atom is -0.460 e. The first kappa shape index (κ1) is 14.3. The van der Waals surface area contributed by atoms with Crippen molar-refractivity contribution in [1.82, 2.24) is 0 Å². The van der Waals surface area contributed by atoms with Crippen LogP contribution in [0.15, 0.2) is 12.2 Å². The lowest BCUT2D eigenvalue weighted by Crippen LogP contribution is -2.27. The van der Waals surface area contributed by atoms with Crippen LogP contribution in [0.3, 0.4) is 0 Å². The molecule has 0 saturated heterocycles. The van der Waals surface area contributed by atoms with Crippen LogP contribution in [0.25, 0.3) is 0 Å². The Morgan fingerprint density at radius 2 is 1.69 bits per heavy atom. The third kappa shape index (κ3) is 5.23. The van der Waals surface area contributed by atoms with Gasteiger partial charge in [0.1, 0.15) is 13.2 Å². The van der Waals surface area contributed by atoms with Crippen molar-refractivity contribution in [3.8, 4) is 0 Å². The number of hydrogen-bond acceptors (Lipinski definition) is 5. The van der Waals surface area contributed by atoms with E-state index in [1.807, 2.05) is 0 Å². The van der Waals surface area contributed by atoms with E-state index in [1.165, 1.54) is 6.92 Å². The summed E-state index contributed by atoms with van der Waals surface area (Å²) in [5, 5.41) is 0. The zero-order valence-corrected chi connectivity index (χ0v) is 9.12. The number of ketones is 1. The van der Waals surface area contributed by atoms with Crippen molar-refractivity contribution in [1.29, 1.82) is 0 Å². The number of Topliss-reactive ketones (excluding diaryl/α,β-unsaturated/α-hetero) is 1. The largest absolute Gasteiger partial charge is 0.460 e. The average Bonchev–Trinajstić information content (AvgIpc) is 2.22. The molecule has 0 saturated carbocycles. The summed E-state index contributed by atoms with van der Waals surface area (Å²) >= 11 is 0. The first-order valence-corrected chi connectivity index (χ1v) is 4.50. The van der Waals surface area contributed by atoms with E-state index in [2.05, 4.69) is 16.1 Å². The quantitative estimate of drug-likeness (QED) is 0.290. The molecule has 0 aliphatic carbocycles. The maximum absolute atomic E-state index is 12.7. The average molecular weight is 232 g/mol. The number of carbonyl (C=O) groups is 3. The lowest BCUT2D eigenvalue weighted by atomic mass is 10.3. The minimum atomic E-state index is -2.28. The molecule has 0 aromatic rings. The molecule has 1 unspecified atom stereocenters. The molecular formula is C10H13FO5. The summed E-state index contributed by atoms with van der Waals surface area (Å²) in [4.78, 5) is 32.1. The fourth-order valence-electron chi connectivity index (χ4n) is 0.639. The first-order valence-electron chi connectivity index (χ1n) is 4.50. The summed E-state index contributed by atoms with van der Waals surface area (Å²) in [6, 6.07) is 0. The van der Waals surface area contributed by atoms with Gasteiger partial charge in [0.15, 0.2) is 5.78 Å². The Morgan fingerprint density at radius 1 is 1.19 bits per heavy atom. The van der Waals surface area contributed by atoms with Crippen LogP contribution in [0.2, 0.25) is 0 Å². The molecule has 16 heavy (non-hydrogen) atoms. The molecule has 0 aliphatic heterocycles. The van der Waals surface area contributed by atoms with Crippen LogP contribution in [0.1, 0.15) is 13.8 Å². The SMILES string of the molecule is C=C(C)C(=O)OCCOC(=O)C(F)C(C)=O. The molecule has 0 aromatic heterocycles. The number of hydrogen-bond donors (Lipinski definition) is 0. The Morgan fingerprint density at radius 3 is 2.12 bits per heavy atom. The van der Waals surface area contributed by atoms with Gasteiger partial charge in [-0.15, -0.1) is 0 Å². The number of halogens is 1. The van der Waals surface area contributed by atoms with Gasteiger partial charge in [0.05, 0.1) is 0 Å². The highest BCUT2D eigenvalue weighted by Crippen LogP contribution is 1.97. The molecule has 5 nitrogen and oxygen atoms in total. The van der Waals surface area contributed by atoms with E-state index in [1.54, 1.807) is 0 Å². The third-order valence-corrected chi connectivity index (χ3v) is 1.47. The maximum Gasteiger partial charge on any atom is 0.348 e. The third-order valence-electron chi connectivity index (χ3n) is 1.47. The lowest BCUT2D eigenvalue weighted by molar-refractivity contribution is -0.156. The Kier molecular flexibility index (Phi) is 5.99. The van der Waals surface area contributed by atoms with Gasteiger partial charge in [-0.2, -0.15) is 0 Å². The van der Waals surface area contributed by atoms with E-state index in [4.69, 9.17) is 0 Å². The molecule has 0 radical (unpaired) electrons. The molecule has 0 rings (SSSR count). The molecular weight excluding hydrogens is 219 g/mol. The molecule has 90 valence electrons. The molecule has 6 heteroatoms. The maximum atomic E-state index is 12.7. The number of esters is 2. The minimum absolute atomic E-state index is 0.206. The summed E-state index contributed by atoms with van der Waals surface area (Å²) in [6.45, 7) is 5.22. The van der Waals surface area contributed by atoms with Crippen molar-refractivity contribution in [3.63, 3.8) is 0 Å². The lowest BCUT2D eigenvalue weighted by Gasteiger charge is -2.07. The van der Waals surface area contributed by atoms with Crippen molar-refractivity contribution in [3.05, 3.63) is 12.2 Å². The number of carbonyl (C=O) groups excluding carboxylic acids is 3. The summed E-state index contributed by atoms with van der Waals surface area (Å²) in [6.07, 6.45) is -2.28. The van der Waals surface area contributed by atoms with Crippen LogP contribution in [-0.4, -0.2) is 37.1 Å². The highest BCUT2D eigenvalue weighted by atomic mass is 19.1. The van der Waals surface area contributed by atoms with Crippen LogP contribution in [0, 0.1) is 0 Å². The predicted molar refractivity (Wildman–Crippen MR) is 52.3 cm³/mol. The van der Waals surface area contributed by atoms with Crippen LogP contribution in [-0.2, 0) is 23.9 Å². The Bertz CT molecular complexity index is 310. The van der Waals surface area contributed by atoms with Gasteiger partial charge in [-0.25, -0.2) is 14.0 Å². The predicted octanol–water partition coefficient (Wildman–Crippen LogP) is 0.576. The van der Waals surface area contributed by atoms with Crippen LogP contribution >= 0.6 is 0 Å². The van der Waals surface area contributed by atoms with Crippen LogP contribution in [0.4, 0.5) is 4.39 Å². The van der Waals surface area contributed by atoms with Crippen molar-refractivity contribution >= 4 is 17.7 Å². The second kappa shape index (κ2) is 6.71. The summed E-state index contributed by atoms with van der Waals surface area (Å²) in [5.41, 5.74) is 0.207. The van der Waals surface area contributed by atoms with E-state index < -0.39 is 23.9 Å². The second-order valence-electron chi connectivity index (χ2n) is 3.06. The van der Waals surface area contributed by atoms with Crippen molar-refractivity contribution in [2.24, 2.45) is 0 Å². The fraction of sp³-hybridized carbons (Fsp3) is 0.500. The standard InChI is InChI=1S/C10H13FO5/c1-6(2)9(13)15-4-5-16-10(14)8(11)7(3)12/h8H,1,4-5H2,2-3H3. The Labute approximate surface area is 92.2 Å².